The number of rotatable bonds is 6. The van der Waals surface area contributed by atoms with Gasteiger partial charge in [-0.05, 0) is 43.5 Å². The minimum Gasteiger partial charge on any atom is -0.480 e. The van der Waals surface area contributed by atoms with Crippen LogP contribution in [0.4, 0.5) is 4.39 Å². The van der Waals surface area contributed by atoms with Crippen molar-refractivity contribution < 1.29 is 27.8 Å². The van der Waals surface area contributed by atoms with Crippen molar-refractivity contribution in [2.45, 2.75) is 31.2 Å². The standard InChI is InChI=1S/C12H16FNO5S/c1-7-5-9(13)6-8(2)11(7)20(18,19)14-10(3-4-15)12(16)17/h5-6,10,14-15H,3-4H2,1-2H3,(H,16,17)/t10-/m0/s1. The molecule has 1 aromatic rings. The van der Waals surface area contributed by atoms with Crippen LogP contribution in [0.25, 0.3) is 0 Å². The van der Waals surface area contributed by atoms with Gasteiger partial charge in [0.15, 0.2) is 0 Å². The number of carboxylic acids is 1. The summed E-state index contributed by atoms with van der Waals surface area (Å²) in [7, 11) is -4.11. The summed E-state index contributed by atoms with van der Waals surface area (Å²) in [5, 5.41) is 17.7. The quantitative estimate of drug-likeness (QED) is 0.712. The Bertz CT molecular complexity index is 591. The molecule has 0 aliphatic carbocycles. The Morgan fingerprint density at radius 2 is 1.85 bits per heavy atom. The minimum absolute atomic E-state index is 0.150. The Hall–Kier alpha value is -1.51. The molecule has 0 fully saturated rings. The lowest BCUT2D eigenvalue weighted by Crippen LogP contribution is -2.41. The number of carbonyl (C=O) groups is 1. The highest BCUT2D eigenvalue weighted by atomic mass is 32.2. The third kappa shape index (κ3) is 3.75. The first kappa shape index (κ1) is 16.5. The van der Waals surface area contributed by atoms with Crippen LogP contribution in [0.3, 0.4) is 0 Å². The van der Waals surface area contributed by atoms with E-state index in [4.69, 9.17) is 10.2 Å². The van der Waals surface area contributed by atoms with Gasteiger partial charge < -0.3 is 10.2 Å². The van der Waals surface area contributed by atoms with Crippen LogP contribution < -0.4 is 4.72 Å². The molecule has 112 valence electrons. The number of hydrogen-bond acceptors (Lipinski definition) is 4. The Balaban J connectivity index is 3.20. The van der Waals surface area contributed by atoms with E-state index in [1.54, 1.807) is 0 Å². The lowest BCUT2D eigenvalue weighted by molar-refractivity contribution is -0.139. The van der Waals surface area contributed by atoms with E-state index >= 15 is 0 Å². The molecule has 20 heavy (non-hydrogen) atoms. The van der Waals surface area contributed by atoms with Crippen molar-refractivity contribution >= 4 is 16.0 Å². The Morgan fingerprint density at radius 1 is 1.35 bits per heavy atom. The van der Waals surface area contributed by atoms with Gasteiger partial charge >= 0.3 is 5.97 Å². The van der Waals surface area contributed by atoms with E-state index < -0.39 is 34.5 Å². The average molecular weight is 305 g/mol. The summed E-state index contributed by atoms with van der Waals surface area (Å²) >= 11 is 0. The van der Waals surface area contributed by atoms with Gasteiger partial charge in [-0.1, -0.05) is 0 Å². The lowest BCUT2D eigenvalue weighted by Gasteiger charge is -2.16. The van der Waals surface area contributed by atoms with Gasteiger partial charge in [-0.3, -0.25) is 4.79 Å². The van der Waals surface area contributed by atoms with Gasteiger partial charge in [-0.2, -0.15) is 4.72 Å². The van der Waals surface area contributed by atoms with Crippen LogP contribution in [0.5, 0.6) is 0 Å². The summed E-state index contributed by atoms with van der Waals surface area (Å²) in [5.41, 5.74) is 0.367. The molecule has 0 unspecified atom stereocenters. The number of aliphatic hydroxyl groups excluding tert-OH is 1. The molecule has 0 radical (unpaired) electrons. The van der Waals surface area contributed by atoms with Crippen molar-refractivity contribution in [1.82, 2.24) is 4.72 Å². The van der Waals surface area contributed by atoms with Crippen LogP contribution in [0.2, 0.25) is 0 Å². The van der Waals surface area contributed by atoms with Crippen LogP contribution >= 0.6 is 0 Å². The van der Waals surface area contributed by atoms with Crippen molar-refractivity contribution in [2.75, 3.05) is 6.61 Å². The van der Waals surface area contributed by atoms with E-state index in [2.05, 4.69) is 0 Å². The molecule has 0 spiro atoms. The highest BCUT2D eigenvalue weighted by Crippen LogP contribution is 2.21. The zero-order valence-electron chi connectivity index (χ0n) is 11.1. The fourth-order valence-electron chi connectivity index (χ4n) is 1.93. The summed E-state index contributed by atoms with van der Waals surface area (Å²) in [5.74, 6) is -1.95. The van der Waals surface area contributed by atoms with E-state index in [1.807, 2.05) is 4.72 Å². The summed E-state index contributed by atoms with van der Waals surface area (Å²) in [6, 6.07) is 0.682. The van der Waals surface area contributed by atoms with Gasteiger partial charge in [0.05, 0.1) is 4.90 Å². The number of sulfonamides is 1. The first-order valence-electron chi connectivity index (χ1n) is 5.81. The van der Waals surface area contributed by atoms with E-state index in [0.717, 1.165) is 12.1 Å². The van der Waals surface area contributed by atoms with Crippen LogP contribution in [0, 0.1) is 19.7 Å². The highest BCUT2D eigenvalue weighted by Gasteiger charge is 2.27. The number of halogens is 1. The van der Waals surface area contributed by atoms with Gasteiger partial charge in [0.25, 0.3) is 0 Å². The maximum atomic E-state index is 13.2. The molecule has 1 atom stereocenters. The molecule has 0 aliphatic rings. The van der Waals surface area contributed by atoms with Gasteiger partial charge in [0.1, 0.15) is 11.9 Å². The maximum Gasteiger partial charge on any atom is 0.321 e. The van der Waals surface area contributed by atoms with E-state index in [9.17, 15) is 17.6 Å². The topological polar surface area (TPSA) is 104 Å². The fraction of sp³-hybridized carbons (Fsp3) is 0.417. The molecule has 1 rings (SSSR count). The number of hydrogen-bond donors (Lipinski definition) is 3. The molecular formula is C12H16FNO5S. The van der Waals surface area contributed by atoms with Gasteiger partial charge in [0.2, 0.25) is 10.0 Å². The molecule has 0 bridgehead atoms. The maximum absolute atomic E-state index is 13.2. The molecule has 8 heteroatoms. The molecule has 1 aromatic carbocycles. The Morgan fingerprint density at radius 3 is 2.25 bits per heavy atom. The molecule has 6 nitrogen and oxygen atoms in total. The number of aliphatic carboxylic acids is 1. The van der Waals surface area contributed by atoms with Crippen LogP contribution in [-0.4, -0.2) is 37.2 Å². The number of aliphatic hydroxyl groups is 1. The molecule has 0 aliphatic heterocycles. The fourth-order valence-corrected chi connectivity index (χ4v) is 3.61. The number of nitrogens with one attached hydrogen (secondary N) is 1. The zero-order valence-corrected chi connectivity index (χ0v) is 11.9. The normalized spacial score (nSPS) is 13.2. The second-order valence-electron chi connectivity index (χ2n) is 4.39. The Kier molecular flexibility index (Phi) is 5.21. The van der Waals surface area contributed by atoms with Crippen LogP contribution in [0.1, 0.15) is 17.5 Å². The lowest BCUT2D eigenvalue weighted by atomic mass is 10.1. The zero-order chi connectivity index (χ0) is 15.5. The summed E-state index contributed by atoms with van der Waals surface area (Å²) in [6.45, 7) is 2.37. The second kappa shape index (κ2) is 6.29. The summed E-state index contributed by atoms with van der Waals surface area (Å²) < 4.78 is 39.6. The summed E-state index contributed by atoms with van der Waals surface area (Å²) in [6.07, 6.45) is -0.256. The van der Waals surface area contributed by atoms with E-state index in [1.165, 1.54) is 13.8 Å². The molecule has 0 amide bonds. The van der Waals surface area contributed by atoms with Crippen LogP contribution in [-0.2, 0) is 14.8 Å². The highest BCUT2D eigenvalue weighted by molar-refractivity contribution is 7.89. The molecule has 3 N–H and O–H groups in total. The van der Waals surface area contributed by atoms with Crippen molar-refractivity contribution in [2.24, 2.45) is 0 Å². The van der Waals surface area contributed by atoms with Gasteiger partial charge in [0, 0.05) is 6.61 Å². The van der Waals surface area contributed by atoms with Crippen LogP contribution in [0.15, 0.2) is 17.0 Å². The third-order valence-electron chi connectivity index (χ3n) is 2.71. The predicted molar refractivity (Wildman–Crippen MR) is 69.3 cm³/mol. The van der Waals surface area contributed by atoms with E-state index in [-0.39, 0.29) is 22.4 Å². The smallest absolute Gasteiger partial charge is 0.321 e. The first-order chi connectivity index (χ1) is 9.19. The van der Waals surface area contributed by atoms with E-state index in [0.29, 0.717) is 0 Å². The second-order valence-corrected chi connectivity index (χ2v) is 6.04. The van der Waals surface area contributed by atoms with Crippen molar-refractivity contribution in [3.05, 3.63) is 29.1 Å². The average Bonchev–Trinajstić information content (AvgIpc) is 2.25. The minimum atomic E-state index is -4.11. The monoisotopic (exact) mass is 305 g/mol. The van der Waals surface area contributed by atoms with Gasteiger partial charge in [-0.25, -0.2) is 12.8 Å². The van der Waals surface area contributed by atoms with Gasteiger partial charge in [-0.15, -0.1) is 0 Å². The largest absolute Gasteiger partial charge is 0.480 e. The van der Waals surface area contributed by atoms with Crippen molar-refractivity contribution in [1.29, 1.82) is 0 Å². The number of benzene rings is 1. The first-order valence-corrected chi connectivity index (χ1v) is 7.30. The third-order valence-corrected chi connectivity index (χ3v) is 4.48. The number of carboxylic acid groups (broad SMARTS) is 1. The SMILES string of the molecule is Cc1cc(F)cc(C)c1S(=O)(=O)N[C@@H](CCO)C(=O)O. The molecule has 0 saturated carbocycles. The van der Waals surface area contributed by atoms with Crippen molar-refractivity contribution in [3.8, 4) is 0 Å². The molecule has 0 aromatic heterocycles. The summed E-state index contributed by atoms with van der Waals surface area (Å²) in [4.78, 5) is 10.8. The molecule has 0 saturated heterocycles. The molecular weight excluding hydrogens is 289 g/mol. The molecule has 0 heterocycles. The number of aryl methyl sites for hydroxylation is 2. The predicted octanol–water partition coefficient (Wildman–Crippen LogP) is 0.556. The Labute approximate surface area is 116 Å². The van der Waals surface area contributed by atoms with Crippen molar-refractivity contribution in [3.63, 3.8) is 0 Å².